The molecule has 4 aliphatic carbocycles. The number of hydrogen-bond donors (Lipinski definition) is 1. The van der Waals surface area contributed by atoms with Gasteiger partial charge in [-0.05, 0) is 109 Å². The van der Waals surface area contributed by atoms with E-state index in [4.69, 9.17) is 4.74 Å². The fourth-order valence-corrected chi connectivity index (χ4v) is 8.11. The number of rotatable bonds is 6. The van der Waals surface area contributed by atoms with Gasteiger partial charge in [-0.1, -0.05) is 24.3 Å². The van der Waals surface area contributed by atoms with Gasteiger partial charge in [0, 0.05) is 11.3 Å². The lowest BCUT2D eigenvalue weighted by Gasteiger charge is -2.57. The van der Waals surface area contributed by atoms with Crippen molar-refractivity contribution in [3.05, 3.63) is 64.6 Å². The Bertz CT molecular complexity index is 1220. The van der Waals surface area contributed by atoms with Crippen molar-refractivity contribution in [1.82, 2.24) is 4.90 Å². The van der Waals surface area contributed by atoms with Gasteiger partial charge in [0.1, 0.15) is 12.3 Å². The first-order valence-corrected chi connectivity index (χ1v) is 13.5. The number of ether oxygens (including phenoxy) is 1. The average molecular weight is 503 g/mol. The summed E-state index contributed by atoms with van der Waals surface area (Å²) < 4.78 is 5.62. The molecule has 5 aliphatic rings. The Balaban J connectivity index is 1.24. The van der Waals surface area contributed by atoms with Gasteiger partial charge in [0.2, 0.25) is 5.91 Å². The predicted octanol–water partition coefficient (Wildman–Crippen LogP) is 5.84. The molecule has 1 heterocycles. The van der Waals surface area contributed by atoms with Crippen molar-refractivity contribution >= 4 is 40.6 Å². The van der Waals surface area contributed by atoms with Crippen molar-refractivity contribution < 1.29 is 19.1 Å². The van der Waals surface area contributed by atoms with E-state index in [1.165, 1.54) is 44.1 Å². The quantitative estimate of drug-likeness (QED) is 0.503. The molecule has 0 atom stereocenters. The SMILES string of the molecule is COc1ccc(C23CC4CC(CC(C4)C2)C3)cc1/C=C1\SC(=O)N(CC(=O)Nc2ccccc2)C1=O. The number of nitrogens with one attached hydrogen (secondary N) is 1. The molecule has 3 amide bonds. The molecule has 0 unspecified atom stereocenters. The Hall–Kier alpha value is -3.06. The minimum absolute atomic E-state index is 0.221. The molecular formula is C29H30N2O4S. The van der Waals surface area contributed by atoms with E-state index in [0.717, 1.165) is 40.0 Å². The van der Waals surface area contributed by atoms with Gasteiger partial charge < -0.3 is 10.1 Å². The Kier molecular flexibility index (Phi) is 5.91. The minimum Gasteiger partial charge on any atom is -0.496 e. The summed E-state index contributed by atoms with van der Waals surface area (Å²) in [4.78, 5) is 39.5. The Labute approximate surface area is 215 Å². The summed E-state index contributed by atoms with van der Waals surface area (Å²) in [5.41, 5.74) is 2.98. The van der Waals surface area contributed by atoms with E-state index in [-0.39, 0.29) is 12.0 Å². The van der Waals surface area contributed by atoms with Gasteiger partial charge in [-0.25, -0.2) is 0 Å². The first kappa shape index (κ1) is 23.3. The van der Waals surface area contributed by atoms with Gasteiger partial charge in [-0.2, -0.15) is 0 Å². The van der Waals surface area contributed by atoms with Crippen molar-refractivity contribution in [2.75, 3.05) is 19.0 Å². The summed E-state index contributed by atoms with van der Waals surface area (Å²) in [5.74, 6) is 2.32. The van der Waals surface area contributed by atoms with Crippen molar-refractivity contribution in [3.63, 3.8) is 0 Å². The van der Waals surface area contributed by atoms with Crippen LogP contribution >= 0.6 is 11.8 Å². The van der Waals surface area contributed by atoms with E-state index < -0.39 is 17.1 Å². The molecule has 2 aromatic rings. The molecule has 36 heavy (non-hydrogen) atoms. The van der Waals surface area contributed by atoms with Crippen molar-refractivity contribution in [2.45, 2.75) is 43.9 Å². The third kappa shape index (κ3) is 4.23. The molecule has 4 bridgehead atoms. The zero-order chi connectivity index (χ0) is 24.9. The van der Waals surface area contributed by atoms with E-state index in [1.807, 2.05) is 24.3 Å². The number of carbonyl (C=O) groups excluding carboxylic acids is 3. The average Bonchev–Trinajstić information content (AvgIpc) is 3.11. The summed E-state index contributed by atoms with van der Waals surface area (Å²) in [6.45, 7) is -0.318. The highest BCUT2D eigenvalue weighted by atomic mass is 32.2. The number of methoxy groups -OCH3 is 1. The van der Waals surface area contributed by atoms with E-state index in [1.54, 1.807) is 25.3 Å². The Morgan fingerprint density at radius 3 is 2.36 bits per heavy atom. The highest BCUT2D eigenvalue weighted by molar-refractivity contribution is 8.18. The molecular weight excluding hydrogens is 472 g/mol. The second-order valence-corrected chi connectivity index (χ2v) is 11.8. The van der Waals surface area contributed by atoms with Gasteiger partial charge in [0.25, 0.3) is 11.1 Å². The molecule has 6 nitrogen and oxygen atoms in total. The highest BCUT2D eigenvalue weighted by Gasteiger charge is 2.51. The van der Waals surface area contributed by atoms with Crippen LogP contribution in [0, 0.1) is 17.8 Å². The van der Waals surface area contributed by atoms with Crippen LogP contribution in [0.15, 0.2) is 53.4 Å². The zero-order valence-electron chi connectivity index (χ0n) is 20.4. The largest absolute Gasteiger partial charge is 0.496 e. The molecule has 1 aliphatic heterocycles. The van der Waals surface area contributed by atoms with Crippen LogP contribution in [0.25, 0.3) is 6.08 Å². The minimum atomic E-state index is -0.449. The van der Waals surface area contributed by atoms with Gasteiger partial charge in [-0.15, -0.1) is 0 Å². The molecule has 7 heteroatoms. The lowest BCUT2D eigenvalue weighted by Crippen LogP contribution is -2.48. The summed E-state index contributed by atoms with van der Waals surface area (Å²) in [6, 6.07) is 15.3. The number of amides is 3. The molecule has 5 fully saturated rings. The van der Waals surface area contributed by atoms with Gasteiger partial charge >= 0.3 is 0 Å². The van der Waals surface area contributed by atoms with Gasteiger partial charge in [-0.3, -0.25) is 19.3 Å². The molecule has 4 saturated carbocycles. The van der Waals surface area contributed by atoms with Crippen LogP contribution in [-0.4, -0.2) is 35.6 Å². The lowest BCUT2D eigenvalue weighted by atomic mass is 9.48. The number of para-hydroxylation sites is 1. The third-order valence-electron chi connectivity index (χ3n) is 8.40. The fraction of sp³-hybridized carbons (Fsp3) is 0.414. The number of anilines is 1. The summed E-state index contributed by atoms with van der Waals surface area (Å²) in [7, 11) is 1.62. The van der Waals surface area contributed by atoms with Crippen LogP contribution in [0.1, 0.15) is 49.7 Å². The van der Waals surface area contributed by atoms with Crippen molar-refractivity contribution in [2.24, 2.45) is 17.8 Å². The number of carbonyl (C=O) groups is 3. The lowest BCUT2D eigenvalue weighted by molar-refractivity contribution is -0.127. The van der Waals surface area contributed by atoms with Gasteiger partial charge in [0.15, 0.2) is 0 Å². The maximum Gasteiger partial charge on any atom is 0.294 e. The van der Waals surface area contributed by atoms with Crippen molar-refractivity contribution in [3.8, 4) is 5.75 Å². The van der Waals surface area contributed by atoms with Crippen LogP contribution in [0.4, 0.5) is 10.5 Å². The fourth-order valence-electron chi connectivity index (χ4n) is 7.28. The molecule has 0 radical (unpaired) electrons. The first-order valence-electron chi connectivity index (χ1n) is 12.7. The molecule has 1 N–H and O–H groups in total. The smallest absolute Gasteiger partial charge is 0.294 e. The topological polar surface area (TPSA) is 75.7 Å². The van der Waals surface area contributed by atoms with Crippen LogP contribution in [0.2, 0.25) is 0 Å². The summed E-state index contributed by atoms with van der Waals surface area (Å²) in [5, 5.41) is 2.29. The molecule has 186 valence electrons. The van der Waals surface area contributed by atoms with Crippen LogP contribution in [0.5, 0.6) is 5.75 Å². The van der Waals surface area contributed by atoms with Crippen LogP contribution in [0.3, 0.4) is 0 Å². The number of benzene rings is 2. The molecule has 0 spiro atoms. The first-order chi connectivity index (χ1) is 17.4. The Morgan fingerprint density at radius 1 is 1.06 bits per heavy atom. The van der Waals surface area contributed by atoms with Gasteiger partial charge in [0.05, 0.1) is 12.0 Å². The van der Waals surface area contributed by atoms with E-state index in [9.17, 15) is 14.4 Å². The van der Waals surface area contributed by atoms with E-state index in [2.05, 4.69) is 17.4 Å². The molecule has 7 rings (SSSR count). The maximum absolute atomic E-state index is 13.1. The van der Waals surface area contributed by atoms with Crippen molar-refractivity contribution in [1.29, 1.82) is 0 Å². The number of imide groups is 1. The standard InChI is InChI=1S/C29H30N2O4S/c1-35-24-8-7-22(29-14-18-9-19(15-29)11-20(10-18)16-29)12-21(24)13-25-27(33)31(28(34)36-25)17-26(32)30-23-5-3-2-4-6-23/h2-8,12-13,18-20H,9-11,14-17H2,1H3,(H,30,32)/b25-13-. The summed E-state index contributed by atoms with van der Waals surface area (Å²) in [6.07, 6.45) is 9.64. The van der Waals surface area contributed by atoms with E-state index >= 15 is 0 Å². The monoisotopic (exact) mass is 502 g/mol. The second-order valence-electron chi connectivity index (χ2n) is 10.8. The van der Waals surface area contributed by atoms with Crippen LogP contribution in [-0.2, 0) is 15.0 Å². The highest BCUT2D eigenvalue weighted by Crippen LogP contribution is 2.61. The molecule has 0 aromatic heterocycles. The Morgan fingerprint density at radius 2 is 1.72 bits per heavy atom. The maximum atomic E-state index is 13.1. The number of thioether (sulfide) groups is 1. The van der Waals surface area contributed by atoms with E-state index in [0.29, 0.717) is 16.3 Å². The predicted molar refractivity (Wildman–Crippen MR) is 141 cm³/mol. The molecule has 1 saturated heterocycles. The second kappa shape index (κ2) is 9.11. The normalized spacial score (nSPS) is 29.8. The number of nitrogens with zero attached hydrogens (tertiary/aromatic N) is 1. The van der Waals surface area contributed by atoms with Crippen LogP contribution < -0.4 is 10.1 Å². The number of hydrogen-bond acceptors (Lipinski definition) is 5. The molecule has 2 aromatic carbocycles. The summed E-state index contributed by atoms with van der Waals surface area (Å²) >= 11 is 0.872. The zero-order valence-corrected chi connectivity index (χ0v) is 21.2. The third-order valence-corrected chi connectivity index (χ3v) is 9.31.